The third-order valence-electron chi connectivity index (χ3n) is 2.89. The van der Waals surface area contributed by atoms with Gasteiger partial charge < -0.3 is 4.74 Å². The quantitative estimate of drug-likeness (QED) is 0.737. The first kappa shape index (κ1) is 9.97. The van der Waals surface area contributed by atoms with Crippen LogP contribution in [0.5, 0.6) is 5.75 Å². The van der Waals surface area contributed by atoms with E-state index in [9.17, 15) is 4.79 Å². The first-order valence-corrected chi connectivity index (χ1v) is 5.09. The monoisotopic (exact) mass is 202 g/mol. The summed E-state index contributed by atoms with van der Waals surface area (Å²) in [5.41, 5.74) is 3.18. The van der Waals surface area contributed by atoms with Crippen LogP contribution in [0.15, 0.2) is 29.8 Å². The Kier molecular flexibility index (Phi) is 2.58. The lowest BCUT2D eigenvalue weighted by molar-refractivity contribution is -0.114. The lowest BCUT2D eigenvalue weighted by Gasteiger charge is -2.05. The lowest BCUT2D eigenvalue weighted by Crippen LogP contribution is -1.91. The Morgan fingerprint density at radius 3 is 2.67 bits per heavy atom. The van der Waals surface area contributed by atoms with E-state index in [-0.39, 0.29) is 5.78 Å². The molecule has 0 bridgehead atoms. The predicted octanol–water partition coefficient (Wildman–Crippen LogP) is 2.83. The van der Waals surface area contributed by atoms with Gasteiger partial charge in [-0.2, -0.15) is 0 Å². The SMILES string of the molecule is COc1cccc(C2=C(C)C(=O)CC2)c1. The van der Waals surface area contributed by atoms with Gasteiger partial charge in [-0.1, -0.05) is 12.1 Å². The number of hydrogen-bond acceptors (Lipinski definition) is 2. The zero-order valence-electron chi connectivity index (χ0n) is 9.04. The summed E-state index contributed by atoms with van der Waals surface area (Å²) in [5, 5.41) is 0. The average Bonchev–Trinajstić information content (AvgIpc) is 2.60. The van der Waals surface area contributed by atoms with Gasteiger partial charge in [-0.3, -0.25) is 4.79 Å². The molecule has 1 aliphatic rings. The summed E-state index contributed by atoms with van der Waals surface area (Å²) >= 11 is 0. The molecule has 0 atom stereocenters. The maximum atomic E-state index is 11.4. The van der Waals surface area contributed by atoms with Gasteiger partial charge in [0.25, 0.3) is 0 Å². The highest BCUT2D eigenvalue weighted by molar-refractivity contribution is 6.06. The number of hydrogen-bond donors (Lipinski definition) is 0. The van der Waals surface area contributed by atoms with Gasteiger partial charge in [-0.15, -0.1) is 0 Å². The van der Waals surface area contributed by atoms with Crippen molar-refractivity contribution in [1.82, 2.24) is 0 Å². The van der Waals surface area contributed by atoms with Crippen LogP contribution in [0.1, 0.15) is 25.3 Å². The summed E-state index contributed by atoms with van der Waals surface area (Å²) < 4.78 is 5.17. The Balaban J connectivity index is 2.42. The number of methoxy groups -OCH3 is 1. The molecule has 0 radical (unpaired) electrons. The molecule has 2 heteroatoms. The summed E-state index contributed by atoms with van der Waals surface area (Å²) in [7, 11) is 1.65. The number of carbonyl (C=O) groups is 1. The maximum Gasteiger partial charge on any atom is 0.159 e. The largest absolute Gasteiger partial charge is 0.497 e. The summed E-state index contributed by atoms with van der Waals surface area (Å²) in [6.45, 7) is 1.91. The second-order valence-electron chi connectivity index (χ2n) is 3.76. The van der Waals surface area contributed by atoms with Crippen LogP contribution in [0.4, 0.5) is 0 Å². The van der Waals surface area contributed by atoms with Gasteiger partial charge in [0.2, 0.25) is 0 Å². The fraction of sp³-hybridized carbons (Fsp3) is 0.308. The maximum absolute atomic E-state index is 11.4. The molecule has 0 heterocycles. The highest BCUT2D eigenvalue weighted by Crippen LogP contribution is 2.32. The van der Waals surface area contributed by atoms with Crippen LogP contribution < -0.4 is 4.74 Å². The minimum absolute atomic E-state index is 0.271. The fourth-order valence-corrected chi connectivity index (χ4v) is 1.95. The molecule has 0 fully saturated rings. The van der Waals surface area contributed by atoms with Gasteiger partial charge in [-0.25, -0.2) is 0 Å². The van der Waals surface area contributed by atoms with E-state index in [1.54, 1.807) is 7.11 Å². The van der Waals surface area contributed by atoms with Crippen LogP contribution >= 0.6 is 0 Å². The van der Waals surface area contributed by atoms with E-state index < -0.39 is 0 Å². The Morgan fingerprint density at radius 2 is 2.07 bits per heavy atom. The molecule has 2 rings (SSSR count). The minimum atomic E-state index is 0.271. The predicted molar refractivity (Wildman–Crippen MR) is 59.8 cm³/mol. The summed E-state index contributed by atoms with van der Waals surface area (Å²) in [6.07, 6.45) is 1.51. The van der Waals surface area contributed by atoms with Crippen LogP contribution in [-0.4, -0.2) is 12.9 Å². The molecule has 15 heavy (non-hydrogen) atoms. The van der Waals surface area contributed by atoms with Crippen molar-refractivity contribution < 1.29 is 9.53 Å². The van der Waals surface area contributed by atoms with Crippen molar-refractivity contribution in [3.8, 4) is 5.75 Å². The van der Waals surface area contributed by atoms with E-state index >= 15 is 0 Å². The van der Waals surface area contributed by atoms with Gasteiger partial charge in [-0.05, 0) is 42.2 Å². The van der Waals surface area contributed by atoms with Crippen molar-refractivity contribution in [2.75, 3.05) is 7.11 Å². The molecule has 0 unspecified atom stereocenters. The van der Waals surface area contributed by atoms with Gasteiger partial charge in [0.05, 0.1) is 7.11 Å². The van der Waals surface area contributed by atoms with Crippen molar-refractivity contribution >= 4 is 11.4 Å². The van der Waals surface area contributed by atoms with Gasteiger partial charge in [0.15, 0.2) is 5.78 Å². The van der Waals surface area contributed by atoms with E-state index in [1.807, 2.05) is 31.2 Å². The number of ether oxygens (including phenoxy) is 1. The molecule has 0 aliphatic heterocycles. The fourth-order valence-electron chi connectivity index (χ4n) is 1.95. The van der Waals surface area contributed by atoms with Gasteiger partial charge in [0, 0.05) is 6.42 Å². The number of carbonyl (C=O) groups excluding carboxylic acids is 1. The smallest absolute Gasteiger partial charge is 0.159 e. The van der Waals surface area contributed by atoms with Crippen LogP contribution in [0.25, 0.3) is 5.57 Å². The molecule has 78 valence electrons. The summed E-state index contributed by atoms with van der Waals surface area (Å²) in [6, 6.07) is 7.88. The van der Waals surface area contributed by atoms with E-state index in [2.05, 4.69) is 0 Å². The van der Waals surface area contributed by atoms with Crippen LogP contribution in [0, 0.1) is 0 Å². The molecule has 0 saturated heterocycles. The second-order valence-corrected chi connectivity index (χ2v) is 3.76. The Morgan fingerprint density at radius 1 is 1.27 bits per heavy atom. The Labute approximate surface area is 89.6 Å². The minimum Gasteiger partial charge on any atom is -0.497 e. The molecule has 1 aromatic rings. The Hall–Kier alpha value is -1.57. The summed E-state index contributed by atoms with van der Waals surface area (Å²) in [5.74, 6) is 1.11. The standard InChI is InChI=1S/C13H14O2/c1-9-12(6-7-13(9)14)10-4-3-5-11(8-10)15-2/h3-5,8H,6-7H2,1-2H3. The van der Waals surface area contributed by atoms with Crippen molar-refractivity contribution in [2.45, 2.75) is 19.8 Å². The molecule has 1 aliphatic carbocycles. The van der Waals surface area contributed by atoms with Crippen LogP contribution in [0.2, 0.25) is 0 Å². The lowest BCUT2D eigenvalue weighted by atomic mass is 10.0. The van der Waals surface area contributed by atoms with E-state index in [0.717, 1.165) is 23.3 Å². The number of rotatable bonds is 2. The van der Waals surface area contributed by atoms with E-state index in [4.69, 9.17) is 4.74 Å². The highest BCUT2D eigenvalue weighted by atomic mass is 16.5. The van der Waals surface area contributed by atoms with Crippen LogP contribution in [0.3, 0.4) is 0 Å². The molecule has 2 nitrogen and oxygen atoms in total. The molecule has 0 saturated carbocycles. The van der Waals surface area contributed by atoms with Gasteiger partial charge >= 0.3 is 0 Å². The van der Waals surface area contributed by atoms with Crippen molar-refractivity contribution in [1.29, 1.82) is 0 Å². The second kappa shape index (κ2) is 3.89. The van der Waals surface area contributed by atoms with E-state index in [0.29, 0.717) is 6.42 Å². The first-order valence-electron chi connectivity index (χ1n) is 5.09. The Bertz CT molecular complexity index is 430. The number of benzene rings is 1. The average molecular weight is 202 g/mol. The molecular weight excluding hydrogens is 188 g/mol. The normalized spacial score (nSPS) is 16.0. The van der Waals surface area contributed by atoms with Crippen molar-refractivity contribution in [3.05, 3.63) is 35.4 Å². The molecule has 0 spiro atoms. The first-order chi connectivity index (χ1) is 7.22. The number of allylic oxidation sites excluding steroid dienone is 2. The van der Waals surface area contributed by atoms with E-state index in [1.165, 1.54) is 5.57 Å². The molecule has 0 amide bonds. The number of Topliss-reactive ketones (excluding diaryl/α,β-unsaturated/α-hetero) is 1. The van der Waals surface area contributed by atoms with Crippen molar-refractivity contribution in [3.63, 3.8) is 0 Å². The molecular formula is C13H14O2. The third-order valence-corrected chi connectivity index (χ3v) is 2.89. The highest BCUT2D eigenvalue weighted by Gasteiger charge is 2.20. The molecule has 1 aromatic carbocycles. The topological polar surface area (TPSA) is 26.3 Å². The molecule has 0 N–H and O–H groups in total. The van der Waals surface area contributed by atoms with Crippen LogP contribution in [-0.2, 0) is 4.79 Å². The summed E-state index contributed by atoms with van der Waals surface area (Å²) in [4.78, 5) is 11.4. The number of ketones is 1. The molecule has 0 aromatic heterocycles. The van der Waals surface area contributed by atoms with Crippen molar-refractivity contribution in [2.24, 2.45) is 0 Å². The third kappa shape index (κ3) is 1.80. The zero-order valence-corrected chi connectivity index (χ0v) is 9.04. The zero-order chi connectivity index (χ0) is 10.8. The van der Waals surface area contributed by atoms with Gasteiger partial charge in [0.1, 0.15) is 5.75 Å².